The van der Waals surface area contributed by atoms with Crippen LogP contribution in [0.5, 0.6) is 5.75 Å². The number of cyclic esters (lactones) is 1. The third-order valence-electron chi connectivity index (χ3n) is 6.39. The number of anilines is 2. The molecule has 0 bridgehead atoms. The summed E-state index contributed by atoms with van der Waals surface area (Å²) in [6.45, 7) is 4.71. The highest BCUT2D eigenvalue weighted by atomic mass is 16.6. The number of amides is 1. The Labute approximate surface area is 175 Å². The van der Waals surface area contributed by atoms with Crippen molar-refractivity contribution in [2.45, 2.75) is 32.0 Å². The molecule has 2 aromatic rings. The van der Waals surface area contributed by atoms with Crippen LogP contribution in [-0.4, -0.2) is 59.8 Å². The van der Waals surface area contributed by atoms with Crippen LogP contribution < -0.4 is 14.5 Å². The van der Waals surface area contributed by atoms with E-state index in [1.54, 1.807) is 4.90 Å². The second-order valence-corrected chi connectivity index (χ2v) is 8.41. The summed E-state index contributed by atoms with van der Waals surface area (Å²) < 4.78 is 11.1. The average Bonchev–Trinajstić information content (AvgIpc) is 3.35. The highest BCUT2D eigenvalue weighted by molar-refractivity contribution is 5.89. The molecule has 1 amide bonds. The van der Waals surface area contributed by atoms with Crippen LogP contribution >= 0.6 is 0 Å². The van der Waals surface area contributed by atoms with E-state index in [-0.39, 0.29) is 12.2 Å². The van der Waals surface area contributed by atoms with E-state index in [9.17, 15) is 9.90 Å². The molecule has 8 nitrogen and oxygen atoms in total. The molecule has 1 aromatic carbocycles. The molecule has 1 aliphatic carbocycles. The maximum atomic E-state index is 11.7. The van der Waals surface area contributed by atoms with Gasteiger partial charge < -0.3 is 19.5 Å². The fraction of sp³-hybridized carbons (Fsp3) is 0.500. The van der Waals surface area contributed by atoms with E-state index in [0.29, 0.717) is 30.7 Å². The van der Waals surface area contributed by atoms with Gasteiger partial charge in [0.2, 0.25) is 0 Å². The number of aromatic nitrogens is 2. The lowest BCUT2D eigenvalue weighted by atomic mass is 9.78. The Morgan fingerprint density at radius 2 is 1.83 bits per heavy atom. The first-order chi connectivity index (χ1) is 14.6. The summed E-state index contributed by atoms with van der Waals surface area (Å²) in [5.41, 5.74) is 1.70. The van der Waals surface area contributed by atoms with Gasteiger partial charge in [0, 0.05) is 18.8 Å². The zero-order valence-electron chi connectivity index (χ0n) is 17.0. The zero-order chi connectivity index (χ0) is 20.7. The minimum absolute atomic E-state index is 0.238. The molecule has 158 valence electrons. The number of hydrogen-bond donors (Lipinski definition) is 1. The number of rotatable bonds is 4. The van der Waals surface area contributed by atoms with E-state index < -0.39 is 6.10 Å². The first-order valence-electron chi connectivity index (χ1n) is 10.5. The lowest BCUT2D eigenvalue weighted by Crippen LogP contribution is -2.42. The van der Waals surface area contributed by atoms with Crippen LogP contribution in [0, 0.1) is 18.8 Å². The Kier molecular flexibility index (Phi) is 4.94. The van der Waals surface area contributed by atoms with Crippen molar-refractivity contribution in [2.75, 3.05) is 36.0 Å². The average molecular weight is 410 g/mol. The molecule has 1 saturated carbocycles. The van der Waals surface area contributed by atoms with Gasteiger partial charge >= 0.3 is 6.09 Å². The van der Waals surface area contributed by atoms with Crippen LogP contribution in [0.25, 0.3) is 0 Å². The van der Waals surface area contributed by atoms with Crippen LogP contribution in [0.15, 0.2) is 36.4 Å². The lowest BCUT2D eigenvalue weighted by Gasteiger charge is -2.35. The maximum absolute atomic E-state index is 11.7. The number of carbonyl (C=O) groups is 1. The Bertz CT molecular complexity index is 904. The predicted molar refractivity (Wildman–Crippen MR) is 111 cm³/mol. The first-order valence-corrected chi connectivity index (χ1v) is 10.5. The molecule has 0 unspecified atom stereocenters. The molecular weight excluding hydrogens is 384 g/mol. The van der Waals surface area contributed by atoms with Crippen LogP contribution in [0.2, 0.25) is 0 Å². The number of aliphatic hydroxyl groups excluding tert-OH is 1. The van der Waals surface area contributed by atoms with Gasteiger partial charge in [-0.25, -0.2) is 4.79 Å². The molecule has 3 heterocycles. The molecule has 3 aliphatic rings. The number of nitrogens with zero attached hydrogens (tertiary/aromatic N) is 4. The number of aryl methyl sites for hydroxylation is 1. The molecule has 2 saturated heterocycles. The van der Waals surface area contributed by atoms with E-state index in [4.69, 9.17) is 9.47 Å². The monoisotopic (exact) mass is 410 g/mol. The van der Waals surface area contributed by atoms with E-state index >= 15 is 0 Å². The fourth-order valence-corrected chi connectivity index (χ4v) is 4.77. The molecule has 3 fully saturated rings. The Morgan fingerprint density at radius 1 is 1.07 bits per heavy atom. The Hall–Kier alpha value is -2.87. The van der Waals surface area contributed by atoms with Crippen LogP contribution in [0.3, 0.4) is 0 Å². The third-order valence-corrected chi connectivity index (χ3v) is 6.39. The maximum Gasteiger partial charge on any atom is 0.414 e. The number of hydrogen-bond acceptors (Lipinski definition) is 7. The molecule has 5 rings (SSSR count). The SMILES string of the molecule is Cc1ccc(N2C[C@H]3C[C@@H](Oc4ccc(N5CCOC5=O)cc4)[C@H](O)C[C@H]3C2)nn1. The van der Waals surface area contributed by atoms with Crippen molar-refractivity contribution in [1.82, 2.24) is 10.2 Å². The van der Waals surface area contributed by atoms with E-state index in [2.05, 4.69) is 15.1 Å². The molecule has 30 heavy (non-hydrogen) atoms. The smallest absolute Gasteiger partial charge is 0.414 e. The van der Waals surface area contributed by atoms with Crippen molar-refractivity contribution < 1.29 is 19.4 Å². The molecule has 8 heteroatoms. The Morgan fingerprint density at radius 3 is 2.50 bits per heavy atom. The molecule has 0 radical (unpaired) electrons. The second kappa shape index (κ2) is 7.75. The molecule has 1 aromatic heterocycles. The molecule has 4 atom stereocenters. The largest absolute Gasteiger partial charge is 0.488 e. The molecule has 2 aliphatic heterocycles. The van der Waals surface area contributed by atoms with Crippen LogP contribution in [0.4, 0.5) is 16.3 Å². The van der Waals surface area contributed by atoms with Crippen molar-refractivity contribution in [1.29, 1.82) is 0 Å². The lowest BCUT2D eigenvalue weighted by molar-refractivity contribution is -0.0231. The van der Waals surface area contributed by atoms with Gasteiger partial charge in [-0.3, -0.25) is 4.90 Å². The van der Waals surface area contributed by atoms with Crippen LogP contribution in [0.1, 0.15) is 18.5 Å². The summed E-state index contributed by atoms with van der Waals surface area (Å²) >= 11 is 0. The van der Waals surface area contributed by atoms with Gasteiger partial charge in [-0.15, -0.1) is 5.10 Å². The normalized spacial score (nSPS) is 28.4. The molecular formula is C22H26N4O4. The summed E-state index contributed by atoms with van der Waals surface area (Å²) in [5, 5.41) is 19.2. The minimum atomic E-state index is -0.497. The second-order valence-electron chi connectivity index (χ2n) is 8.41. The number of fused-ring (bicyclic) bond motifs is 1. The van der Waals surface area contributed by atoms with Gasteiger partial charge in [0.15, 0.2) is 5.82 Å². The van der Waals surface area contributed by atoms with Crippen molar-refractivity contribution in [3.05, 3.63) is 42.1 Å². The third kappa shape index (κ3) is 3.67. The van der Waals surface area contributed by atoms with Gasteiger partial charge in [0.1, 0.15) is 18.5 Å². The summed E-state index contributed by atoms with van der Waals surface area (Å²) in [7, 11) is 0. The molecule has 0 spiro atoms. The van der Waals surface area contributed by atoms with Gasteiger partial charge in [-0.05, 0) is 68.0 Å². The van der Waals surface area contributed by atoms with Gasteiger partial charge in [-0.2, -0.15) is 5.10 Å². The van der Waals surface area contributed by atoms with E-state index in [1.165, 1.54) is 0 Å². The quantitative estimate of drug-likeness (QED) is 0.828. The number of benzene rings is 1. The number of ether oxygens (including phenoxy) is 2. The van der Waals surface area contributed by atoms with E-state index in [1.807, 2.05) is 43.3 Å². The summed E-state index contributed by atoms with van der Waals surface area (Å²) in [5.74, 6) is 2.50. The fourth-order valence-electron chi connectivity index (χ4n) is 4.77. The van der Waals surface area contributed by atoms with Crippen molar-refractivity contribution in [3.63, 3.8) is 0 Å². The summed E-state index contributed by atoms with van der Waals surface area (Å²) in [4.78, 5) is 15.6. The Balaban J connectivity index is 1.22. The minimum Gasteiger partial charge on any atom is -0.488 e. The predicted octanol–water partition coefficient (Wildman–Crippen LogP) is 2.40. The summed E-state index contributed by atoms with van der Waals surface area (Å²) in [6.07, 6.45) is 0.480. The van der Waals surface area contributed by atoms with Gasteiger partial charge in [0.25, 0.3) is 0 Å². The van der Waals surface area contributed by atoms with Crippen molar-refractivity contribution in [2.24, 2.45) is 11.8 Å². The van der Waals surface area contributed by atoms with Gasteiger partial charge in [-0.1, -0.05) is 0 Å². The standard InChI is InChI=1S/C22H26N4O4/c1-14-2-7-21(24-23-14)25-12-15-10-19(27)20(11-16(15)13-25)30-18-5-3-17(4-6-18)26-8-9-29-22(26)28/h2-7,15-16,19-20,27H,8-13H2,1H3/t15-,16+,19+,20+/m0/s1. The topological polar surface area (TPSA) is 88.0 Å². The highest BCUT2D eigenvalue weighted by Crippen LogP contribution is 2.39. The van der Waals surface area contributed by atoms with Crippen molar-refractivity contribution in [3.8, 4) is 5.75 Å². The van der Waals surface area contributed by atoms with Crippen LogP contribution in [-0.2, 0) is 4.74 Å². The first kappa shape index (κ1) is 19.1. The van der Waals surface area contributed by atoms with E-state index in [0.717, 1.165) is 43.1 Å². The van der Waals surface area contributed by atoms with Gasteiger partial charge in [0.05, 0.1) is 18.3 Å². The molecule has 1 N–H and O–H groups in total. The zero-order valence-corrected chi connectivity index (χ0v) is 17.0. The summed E-state index contributed by atoms with van der Waals surface area (Å²) in [6, 6.07) is 11.4. The number of carbonyl (C=O) groups excluding carboxylic acids is 1. The van der Waals surface area contributed by atoms with Crippen molar-refractivity contribution >= 4 is 17.6 Å². The number of aliphatic hydroxyl groups is 1. The highest BCUT2D eigenvalue weighted by Gasteiger charge is 2.43.